The van der Waals surface area contributed by atoms with Gasteiger partial charge in [0.1, 0.15) is 0 Å². The summed E-state index contributed by atoms with van der Waals surface area (Å²) in [5.74, 6) is 0. The summed E-state index contributed by atoms with van der Waals surface area (Å²) in [6.07, 6.45) is 5.10. The first kappa shape index (κ1) is 12.0. The molecule has 0 radical (unpaired) electrons. The average molecular weight is 278 g/mol. The van der Waals surface area contributed by atoms with Crippen molar-refractivity contribution in [1.82, 2.24) is 24.3 Å². The summed E-state index contributed by atoms with van der Waals surface area (Å²) < 4.78 is 3.50. The molecule has 98 valence electrons. The fourth-order valence-corrected chi connectivity index (χ4v) is 2.29. The summed E-state index contributed by atoms with van der Waals surface area (Å²) in [7, 11) is 0. The molecule has 0 saturated carbocycles. The summed E-state index contributed by atoms with van der Waals surface area (Å²) in [4.78, 5) is 8.12. The highest BCUT2D eigenvalue weighted by Gasteiger charge is 2.17. The Morgan fingerprint density at radius 2 is 2.32 bits per heavy atom. The van der Waals surface area contributed by atoms with Crippen molar-refractivity contribution < 1.29 is 5.11 Å². The van der Waals surface area contributed by atoms with Gasteiger partial charge >= 0.3 is 0 Å². The van der Waals surface area contributed by atoms with Crippen molar-refractivity contribution >= 4 is 22.8 Å². The smallest absolute Gasteiger partial charge is 0.296 e. The molecule has 3 aromatic heterocycles. The van der Waals surface area contributed by atoms with Gasteiger partial charge in [-0.15, -0.1) is 0 Å². The maximum absolute atomic E-state index is 9.96. The Kier molecular flexibility index (Phi) is 2.87. The number of hydrogen-bond acceptors (Lipinski definition) is 4. The Morgan fingerprint density at radius 1 is 1.47 bits per heavy atom. The highest BCUT2D eigenvalue weighted by molar-refractivity contribution is 6.31. The van der Waals surface area contributed by atoms with Crippen LogP contribution in [0.15, 0.2) is 30.7 Å². The molecule has 0 aliphatic rings. The fraction of sp³-hybridized carbons (Fsp3) is 0.250. The van der Waals surface area contributed by atoms with Gasteiger partial charge in [-0.05, 0) is 19.1 Å². The molecule has 0 fully saturated rings. The summed E-state index contributed by atoms with van der Waals surface area (Å²) in [6.45, 7) is 2.60. The van der Waals surface area contributed by atoms with Gasteiger partial charge in [0, 0.05) is 18.6 Å². The minimum atomic E-state index is -0.0653. The maximum Gasteiger partial charge on any atom is 0.296 e. The molecular formula is C12H12ClN5O. The standard InChI is InChI=1S/C12H12ClN5O/c1-8(7-17-4-2-3-15-17)18-10-5-9(13)6-14-11(10)16-12(18)19/h2-6,8H,7H2,1H3,(H,14,16,19). The first-order chi connectivity index (χ1) is 9.15. The van der Waals surface area contributed by atoms with E-state index in [1.54, 1.807) is 21.5 Å². The SMILES string of the molecule is CC(Cn1cccn1)n1c(O)nc2ncc(Cl)cc21. The zero-order chi connectivity index (χ0) is 13.4. The Labute approximate surface area is 114 Å². The molecular weight excluding hydrogens is 266 g/mol. The van der Waals surface area contributed by atoms with Gasteiger partial charge in [-0.2, -0.15) is 10.1 Å². The van der Waals surface area contributed by atoms with Crippen LogP contribution in [0.5, 0.6) is 6.01 Å². The molecule has 1 atom stereocenters. The lowest BCUT2D eigenvalue weighted by Crippen LogP contribution is -2.13. The van der Waals surface area contributed by atoms with E-state index in [2.05, 4.69) is 15.1 Å². The highest BCUT2D eigenvalue weighted by atomic mass is 35.5. The molecule has 6 nitrogen and oxygen atoms in total. The number of aromatic nitrogens is 5. The molecule has 3 rings (SSSR count). The topological polar surface area (TPSA) is 68.8 Å². The first-order valence-electron chi connectivity index (χ1n) is 5.85. The Hall–Kier alpha value is -2.08. The third-order valence-electron chi connectivity index (χ3n) is 2.95. The van der Waals surface area contributed by atoms with Crippen LogP contribution >= 0.6 is 11.6 Å². The lowest BCUT2D eigenvalue weighted by atomic mass is 10.3. The number of aromatic hydroxyl groups is 1. The monoisotopic (exact) mass is 277 g/mol. The van der Waals surface area contributed by atoms with Gasteiger partial charge in [0.2, 0.25) is 0 Å². The Balaban J connectivity index is 2.03. The zero-order valence-electron chi connectivity index (χ0n) is 10.2. The van der Waals surface area contributed by atoms with Crippen LogP contribution in [0.2, 0.25) is 5.02 Å². The second kappa shape index (κ2) is 4.55. The molecule has 0 bridgehead atoms. The van der Waals surface area contributed by atoms with E-state index in [4.69, 9.17) is 11.6 Å². The second-order valence-corrected chi connectivity index (χ2v) is 4.79. The Bertz CT molecular complexity index is 706. The van der Waals surface area contributed by atoms with Gasteiger partial charge in [0.25, 0.3) is 6.01 Å². The van der Waals surface area contributed by atoms with Gasteiger partial charge < -0.3 is 5.11 Å². The lowest BCUT2D eigenvalue weighted by Gasteiger charge is -2.15. The fourth-order valence-electron chi connectivity index (χ4n) is 2.14. The van der Waals surface area contributed by atoms with Crippen LogP contribution in [0.4, 0.5) is 0 Å². The Morgan fingerprint density at radius 3 is 3.05 bits per heavy atom. The molecule has 1 unspecified atom stereocenters. The van der Waals surface area contributed by atoms with Crippen LogP contribution < -0.4 is 0 Å². The number of fused-ring (bicyclic) bond motifs is 1. The zero-order valence-corrected chi connectivity index (χ0v) is 11.0. The number of hydrogen-bond donors (Lipinski definition) is 1. The minimum absolute atomic E-state index is 0.0230. The molecule has 0 saturated heterocycles. The van der Waals surface area contributed by atoms with Gasteiger partial charge in [0.15, 0.2) is 5.65 Å². The third kappa shape index (κ3) is 2.15. The number of pyridine rings is 1. The maximum atomic E-state index is 9.96. The molecule has 0 aliphatic heterocycles. The summed E-state index contributed by atoms with van der Waals surface area (Å²) in [6, 6.07) is 3.52. The van der Waals surface area contributed by atoms with Gasteiger partial charge in [0.05, 0.1) is 23.1 Å². The quantitative estimate of drug-likeness (QED) is 0.797. The summed E-state index contributed by atoms with van der Waals surface area (Å²) in [5, 5.41) is 14.6. The third-order valence-corrected chi connectivity index (χ3v) is 3.15. The van der Waals surface area contributed by atoms with Gasteiger partial charge in [-0.3, -0.25) is 9.25 Å². The van der Waals surface area contributed by atoms with E-state index in [-0.39, 0.29) is 12.1 Å². The van der Waals surface area contributed by atoms with E-state index >= 15 is 0 Å². The van der Waals surface area contributed by atoms with Crippen LogP contribution in [0.25, 0.3) is 11.2 Å². The van der Waals surface area contributed by atoms with Gasteiger partial charge in [-0.1, -0.05) is 11.6 Å². The second-order valence-electron chi connectivity index (χ2n) is 4.36. The molecule has 1 N–H and O–H groups in total. The number of nitrogens with zero attached hydrogens (tertiary/aromatic N) is 5. The van der Waals surface area contributed by atoms with Crippen LogP contribution in [-0.2, 0) is 6.54 Å². The molecule has 0 aliphatic carbocycles. The number of imidazole rings is 1. The predicted octanol–water partition coefficient (Wildman–Crippen LogP) is 2.25. The van der Waals surface area contributed by atoms with Crippen LogP contribution in [0.3, 0.4) is 0 Å². The molecule has 3 heterocycles. The number of halogens is 1. The van der Waals surface area contributed by atoms with Crippen LogP contribution in [0, 0.1) is 0 Å². The van der Waals surface area contributed by atoms with Crippen molar-refractivity contribution in [1.29, 1.82) is 0 Å². The summed E-state index contributed by atoms with van der Waals surface area (Å²) in [5.41, 5.74) is 1.19. The van der Waals surface area contributed by atoms with Crippen molar-refractivity contribution in [2.75, 3.05) is 0 Å². The average Bonchev–Trinajstić information content (AvgIpc) is 2.95. The minimum Gasteiger partial charge on any atom is -0.480 e. The molecule has 7 heteroatoms. The van der Waals surface area contributed by atoms with E-state index in [9.17, 15) is 5.11 Å². The van der Waals surface area contributed by atoms with Crippen molar-refractivity contribution in [3.8, 4) is 6.01 Å². The normalized spacial score (nSPS) is 12.9. The first-order valence-corrected chi connectivity index (χ1v) is 6.23. The molecule has 19 heavy (non-hydrogen) atoms. The predicted molar refractivity (Wildman–Crippen MR) is 71.1 cm³/mol. The summed E-state index contributed by atoms with van der Waals surface area (Å²) >= 11 is 5.94. The van der Waals surface area contributed by atoms with Gasteiger partial charge in [-0.25, -0.2) is 4.98 Å². The van der Waals surface area contributed by atoms with Crippen LogP contribution in [0.1, 0.15) is 13.0 Å². The van der Waals surface area contributed by atoms with Crippen molar-refractivity contribution in [2.24, 2.45) is 0 Å². The van der Waals surface area contributed by atoms with E-state index in [0.717, 1.165) is 0 Å². The van der Waals surface area contributed by atoms with E-state index in [1.807, 2.05) is 19.2 Å². The molecule has 0 aromatic carbocycles. The molecule has 0 amide bonds. The van der Waals surface area contributed by atoms with Crippen LogP contribution in [-0.4, -0.2) is 29.4 Å². The lowest BCUT2D eigenvalue weighted by molar-refractivity contribution is 0.356. The van der Waals surface area contributed by atoms with E-state index in [0.29, 0.717) is 22.7 Å². The van der Waals surface area contributed by atoms with E-state index < -0.39 is 0 Å². The molecule has 0 spiro atoms. The highest BCUT2D eigenvalue weighted by Crippen LogP contribution is 2.26. The van der Waals surface area contributed by atoms with Crippen molar-refractivity contribution in [2.45, 2.75) is 19.5 Å². The van der Waals surface area contributed by atoms with Crippen molar-refractivity contribution in [3.05, 3.63) is 35.7 Å². The number of rotatable bonds is 3. The molecule has 3 aromatic rings. The van der Waals surface area contributed by atoms with E-state index in [1.165, 1.54) is 6.20 Å². The largest absolute Gasteiger partial charge is 0.480 e. The van der Waals surface area contributed by atoms with Crippen molar-refractivity contribution in [3.63, 3.8) is 0 Å².